The molecule has 0 fully saturated rings. The molecule has 41 heavy (non-hydrogen) atoms. The van der Waals surface area contributed by atoms with Gasteiger partial charge in [-0.05, 0) is 55.0 Å². The van der Waals surface area contributed by atoms with Crippen molar-refractivity contribution in [3.8, 4) is 11.5 Å². The van der Waals surface area contributed by atoms with Crippen LogP contribution in [-0.4, -0.2) is 43.2 Å². The van der Waals surface area contributed by atoms with Crippen molar-refractivity contribution in [1.82, 2.24) is 0 Å². The van der Waals surface area contributed by atoms with Gasteiger partial charge >= 0.3 is 30.0 Å². The molecule has 12 heteroatoms. The van der Waals surface area contributed by atoms with Gasteiger partial charge in [0.05, 0.1) is 17.7 Å². The largest absolute Gasteiger partial charge is 0.494 e. The van der Waals surface area contributed by atoms with Gasteiger partial charge < -0.3 is 14.2 Å². The van der Waals surface area contributed by atoms with Crippen molar-refractivity contribution in [3.63, 3.8) is 0 Å². The zero-order chi connectivity index (χ0) is 30.5. The first-order valence-electron chi connectivity index (χ1n) is 13.3. The highest BCUT2D eigenvalue weighted by Crippen LogP contribution is 2.46. The minimum atomic E-state index is -6.53. The van der Waals surface area contributed by atoms with Gasteiger partial charge in [0.1, 0.15) is 11.5 Å². The minimum absolute atomic E-state index is 0.0498. The average Bonchev–Trinajstić information content (AvgIpc) is 2.92. The van der Waals surface area contributed by atoms with Gasteiger partial charge in [-0.15, -0.1) is 0 Å². The van der Waals surface area contributed by atoms with E-state index in [0.29, 0.717) is 12.4 Å². The van der Waals surface area contributed by atoms with Crippen LogP contribution in [0.2, 0.25) is 0 Å². The Hall–Kier alpha value is -3.31. The number of ether oxygens (including phenoxy) is 3. The number of benzene rings is 2. The van der Waals surface area contributed by atoms with Gasteiger partial charge in [0.15, 0.2) is 6.61 Å². The quantitative estimate of drug-likeness (QED) is 0.0793. The van der Waals surface area contributed by atoms with Crippen LogP contribution in [0.15, 0.2) is 48.5 Å². The third-order valence-electron chi connectivity index (χ3n) is 6.11. The zero-order valence-corrected chi connectivity index (χ0v) is 22.6. The maximum Gasteiger partial charge on any atom is 0.460 e. The molecule has 0 aliphatic heterocycles. The van der Waals surface area contributed by atoms with Crippen molar-refractivity contribution in [2.24, 2.45) is 0 Å². The molecular weight excluding hydrogens is 561 g/mol. The third kappa shape index (κ3) is 10.6. The molecule has 0 saturated heterocycles. The van der Waals surface area contributed by atoms with Crippen LogP contribution in [0.4, 0.5) is 30.7 Å². The normalized spacial score (nSPS) is 12.2. The van der Waals surface area contributed by atoms with Crippen LogP contribution in [-0.2, 0) is 4.74 Å². The summed E-state index contributed by atoms with van der Waals surface area (Å²) in [4.78, 5) is 24.2. The smallest absolute Gasteiger partial charge is 0.460 e. The summed E-state index contributed by atoms with van der Waals surface area (Å²) in [5.74, 6) is -13.9. The zero-order valence-electron chi connectivity index (χ0n) is 22.6. The fourth-order valence-electron chi connectivity index (χ4n) is 3.65. The van der Waals surface area contributed by atoms with Crippen molar-refractivity contribution in [2.75, 3.05) is 13.2 Å². The lowest BCUT2D eigenvalue weighted by molar-refractivity contribution is -0.359. The highest BCUT2D eigenvalue weighted by atomic mass is 19.4. The van der Waals surface area contributed by atoms with Crippen molar-refractivity contribution < 1.29 is 54.5 Å². The van der Waals surface area contributed by atoms with Gasteiger partial charge in [0.25, 0.3) is 0 Å². The topological polar surface area (TPSA) is 61.8 Å². The molecule has 0 aromatic heterocycles. The molecule has 2 rings (SSSR count). The second kappa shape index (κ2) is 15.6. The van der Waals surface area contributed by atoms with Gasteiger partial charge in [0, 0.05) is 0 Å². The van der Waals surface area contributed by atoms with Crippen LogP contribution in [0, 0.1) is 0 Å². The molecule has 0 N–H and O–H groups in total. The van der Waals surface area contributed by atoms with E-state index in [0.717, 1.165) is 37.1 Å². The predicted molar refractivity (Wildman–Crippen MR) is 137 cm³/mol. The molecule has 0 radical (unpaired) electrons. The van der Waals surface area contributed by atoms with E-state index in [9.17, 15) is 40.3 Å². The lowest BCUT2D eigenvalue weighted by atomic mass is 10.1. The summed E-state index contributed by atoms with van der Waals surface area (Å²) < 4.78 is 104. The first kappa shape index (κ1) is 33.9. The highest BCUT2D eigenvalue weighted by Gasteiger charge is 2.73. The molecular formula is C29H33F7O5. The summed E-state index contributed by atoms with van der Waals surface area (Å²) in [6.45, 7) is 0.255. The first-order chi connectivity index (χ1) is 19.3. The number of carbonyl (C=O) groups is 2. The highest BCUT2D eigenvalue weighted by molar-refractivity contribution is 5.92. The second-order valence-electron chi connectivity index (χ2n) is 9.47. The Kier molecular flexibility index (Phi) is 12.9. The second-order valence-corrected chi connectivity index (χ2v) is 9.47. The number of carbonyl (C=O) groups excluding carboxylic acids is 2. The fraction of sp³-hybridized carbons (Fsp3) is 0.517. The van der Waals surface area contributed by atoms with E-state index >= 15 is 0 Å². The van der Waals surface area contributed by atoms with E-state index in [2.05, 4.69) is 11.7 Å². The van der Waals surface area contributed by atoms with E-state index in [1.807, 2.05) is 0 Å². The lowest BCUT2D eigenvalue weighted by Crippen LogP contribution is -2.54. The molecule has 0 bridgehead atoms. The van der Waals surface area contributed by atoms with E-state index in [4.69, 9.17) is 9.47 Å². The Labute approximate surface area is 234 Å². The SMILES string of the molecule is CCCCCCCCCCCOc1ccc(C(=O)Oc2ccc(C(=O)OCC(F)(F)C(F)(F)C(F)(F)F)cc2)cc1. The van der Waals surface area contributed by atoms with Gasteiger partial charge in [-0.1, -0.05) is 58.3 Å². The van der Waals surface area contributed by atoms with Crippen LogP contribution in [0.5, 0.6) is 11.5 Å². The Morgan fingerprint density at radius 2 is 1.10 bits per heavy atom. The molecule has 0 unspecified atom stereocenters. The van der Waals surface area contributed by atoms with Crippen molar-refractivity contribution in [3.05, 3.63) is 59.7 Å². The summed E-state index contributed by atoms with van der Waals surface area (Å²) in [6, 6.07) is 10.3. The van der Waals surface area contributed by atoms with Crippen molar-refractivity contribution in [2.45, 2.75) is 82.7 Å². The van der Waals surface area contributed by atoms with Crippen LogP contribution < -0.4 is 9.47 Å². The Balaban J connectivity index is 1.76. The molecule has 2 aromatic carbocycles. The maximum absolute atomic E-state index is 13.3. The molecule has 228 valence electrons. The van der Waals surface area contributed by atoms with E-state index in [1.54, 1.807) is 12.1 Å². The number of hydrogen-bond donors (Lipinski definition) is 0. The number of rotatable bonds is 17. The number of halogens is 7. The molecule has 0 heterocycles. The van der Waals surface area contributed by atoms with Crippen molar-refractivity contribution >= 4 is 11.9 Å². The van der Waals surface area contributed by atoms with Crippen LogP contribution >= 0.6 is 0 Å². The summed E-state index contributed by atoms with van der Waals surface area (Å²) in [7, 11) is 0. The summed E-state index contributed by atoms with van der Waals surface area (Å²) in [5.41, 5.74) is -0.249. The molecule has 0 spiro atoms. The number of esters is 2. The molecule has 0 aliphatic carbocycles. The number of hydrogen-bond acceptors (Lipinski definition) is 5. The molecule has 5 nitrogen and oxygen atoms in total. The van der Waals surface area contributed by atoms with Gasteiger partial charge in [-0.25, -0.2) is 9.59 Å². The standard InChI is InChI=1S/C29H33F7O5/c1-2-3-4-5-6-7-8-9-10-19-39-23-15-11-22(12-16-23)26(38)41-24-17-13-21(14-18-24)25(37)40-20-27(30,31)28(32,33)29(34,35)36/h11-18H,2-10,19-20H2,1H3. The van der Waals surface area contributed by atoms with E-state index < -0.39 is 42.1 Å². The van der Waals surface area contributed by atoms with Crippen LogP contribution in [0.25, 0.3) is 0 Å². The molecule has 0 amide bonds. The molecule has 2 aromatic rings. The van der Waals surface area contributed by atoms with Gasteiger partial charge in [-0.2, -0.15) is 30.7 Å². The van der Waals surface area contributed by atoms with Crippen molar-refractivity contribution in [1.29, 1.82) is 0 Å². The molecule has 0 atom stereocenters. The fourth-order valence-corrected chi connectivity index (χ4v) is 3.65. The van der Waals surface area contributed by atoms with Gasteiger partial charge in [0.2, 0.25) is 0 Å². The predicted octanol–water partition coefficient (Wildman–Crippen LogP) is 8.81. The number of alkyl halides is 7. The number of unbranched alkanes of at least 4 members (excludes halogenated alkanes) is 8. The Bertz CT molecular complexity index is 1080. The Morgan fingerprint density at radius 3 is 1.61 bits per heavy atom. The van der Waals surface area contributed by atoms with Gasteiger partial charge in [-0.3, -0.25) is 0 Å². The van der Waals surface area contributed by atoms with Crippen LogP contribution in [0.3, 0.4) is 0 Å². The first-order valence-corrected chi connectivity index (χ1v) is 13.3. The third-order valence-corrected chi connectivity index (χ3v) is 6.11. The maximum atomic E-state index is 13.3. The summed E-state index contributed by atoms with van der Waals surface area (Å²) >= 11 is 0. The Morgan fingerprint density at radius 1 is 0.634 bits per heavy atom. The minimum Gasteiger partial charge on any atom is -0.494 e. The summed E-state index contributed by atoms with van der Waals surface area (Å²) in [6.07, 6.45) is 4.22. The average molecular weight is 595 g/mol. The monoisotopic (exact) mass is 594 g/mol. The van der Waals surface area contributed by atoms with Crippen LogP contribution in [0.1, 0.15) is 85.4 Å². The molecule has 0 saturated carbocycles. The molecule has 0 aliphatic rings. The summed E-state index contributed by atoms with van der Waals surface area (Å²) in [5, 5.41) is 0. The van der Waals surface area contributed by atoms with E-state index in [-0.39, 0.29) is 11.3 Å². The lowest BCUT2D eigenvalue weighted by Gasteiger charge is -2.27. The van der Waals surface area contributed by atoms with E-state index in [1.165, 1.54) is 57.1 Å².